The van der Waals surface area contributed by atoms with Gasteiger partial charge in [-0.2, -0.15) is 0 Å². The van der Waals surface area contributed by atoms with Crippen molar-refractivity contribution in [2.45, 2.75) is 25.7 Å². The van der Waals surface area contributed by atoms with E-state index in [1.807, 2.05) is 49.3 Å². The van der Waals surface area contributed by atoms with Gasteiger partial charge >= 0.3 is 0 Å². The third kappa shape index (κ3) is 4.03. The summed E-state index contributed by atoms with van der Waals surface area (Å²) >= 11 is 0. The first-order valence-corrected chi connectivity index (χ1v) is 8.89. The highest BCUT2D eigenvalue weighted by atomic mass is 16.2. The largest absolute Gasteiger partial charge is 0.327 e. The van der Waals surface area contributed by atoms with Gasteiger partial charge in [-0.3, -0.25) is 9.69 Å². The Balaban J connectivity index is 1.79. The van der Waals surface area contributed by atoms with E-state index in [4.69, 9.17) is 0 Å². The van der Waals surface area contributed by atoms with Crippen LogP contribution in [0.3, 0.4) is 0 Å². The molecule has 1 saturated heterocycles. The number of quaternary nitrogens is 1. The monoisotopic (exact) mass is 328 g/mol. The van der Waals surface area contributed by atoms with Crippen molar-refractivity contribution in [3.63, 3.8) is 0 Å². The number of likely N-dealkylation sites (tertiary alicyclic amines) is 1. The molecule has 0 bridgehead atoms. The summed E-state index contributed by atoms with van der Waals surface area (Å²) in [6.07, 6.45) is 5.07. The Morgan fingerprint density at radius 3 is 2.58 bits per heavy atom. The molecule has 1 aliphatic heterocycles. The molecule has 0 radical (unpaired) electrons. The smallest absolute Gasteiger partial charge is 0.279 e. The van der Waals surface area contributed by atoms with Gasteiger partial charge < -0.3 is 10.2 Å². The van der Waals surface area contributed by atoms with Crippen molar-refractivity contribution in [3.05, 3.63) is 30.3 Å². The van der Waals surface area contributed by atoms with Crippen LogP contribution in [0.5, 0.6) is 0 Å². The topological polar surface area (TPSA) is 50.9 Å². The molecule has 1 amide bonds. The normalized spacial score (nSPS) is 15.9. The number of aromatic amines is 1. The number of nitrogens with zero attached hydrogens (tertiary/aromatic N) is 1. The fourth-order valence-electron chi connectivity index (χ4n) is 3.39. The van der Waals surface area contributed by atoms with Crippen LogP contribution in [0.25, 0.3) is 10.9 Å². The number of carbonyl (C=O) groups excluding carboxylic acids is 1. The van der Waals surface area contributed by atoms with Crippen molar-refractivity contribution in [3.8, 4) is 0 Å². The molecule has 3 rings (SSSR count). The maximum atomic E-state index is 12.6. The number of nitrogens with one attached hydrogen (secondary N) is 3. The molecule has 1 fully saturated rings. The summed E-state index contributed by atoms with van der Waals surface area (Å²) in [5, 5.41) is 4.19. The maximum absolute atomic E-state index is 12.6. The Labute approximate surface area is 143 Å². The van der Waals surface area contributed by atoms with Gasteiger partial charge in [0.15, 0.2) is 6.54 Å². The minimum atomic E-state index is 0.105. The predicted molar refractivity (Wildman–Crippen MR) is 97.5 cm³/mol. The number of anilines is 2. The van der Waals surface area contributed by atoms with Crippen molar-refractivity contribution < 1.29 is 14.7 Å². The van der Waals surface area contributed by atoms with Gasteiger partial charge in [-0.25, -0.2) is 4.98 Å². The van der Waals surface area contributed by atoms with E-state index in [0.29, 0.717) is 6.54 Å². The number of hydrogen-bond acceptors (Lipinski definition) is 2. The lowest BCUT2D eigenvalue weighted by Gasteiger charge is -2.17. The predicted octanol–water partition coefficient (Wildman–Crippen LogP) is 1.12. The SMILES string of the molecule is CN(C)c1cc(NC(=O)C[NH+]2CCCCCC2)c2ccccc2[nH+]1. The standard InChI is InChI=1S/C19H26N4O/c1-22(2)18-13-17(15-9-5-6-10-16(15)20-18)21-19(24)14-23-11-7-3-4-8-12-23/h5-6,9-10,13H,3-4,7-8,11-12,14H2,1-2H3,(H,20,21,24)/p+2. The Morgan fingerprint density at radius 2 is 1.88 bits per heavy atom. The Bertz CT molecular complexity index is 706. The summed E-state index contributed by atoms with van der Waals surface area (Å²) in [6, 6.07) is 10.1. The number of hydrogen-bond donors (Lipinski definition) is 2. The summed E-state index contributed by atoms with van der Waals surface area (Å²) in [5.41, 5.74) is 1.91. The fourth-order valence-corrected chi connectivity index (χ4v) is 3.39. The summed E-state index contributed by atoms with van der Waals surface area (Å²) in [7, 11) is 3.99. The van der Waals surface area contributed by atoms with Gasteiger partial charge in [-0.05, 0) is 37.8 Å². The van der Waals surface area contributed by atoms with Gasteiger partial charge in [0.05, 0.1) is 38.9 Å². The third-order valence-corrected chi connectivity index (χ3v) is 4.74. The summed E-state index contributed by atoms with van der Waals surface area (Å²) in [4.78, 5) is 19.4. The van der Waals surface area contributed by atoms with Gasteiger partial charge in [-0.1, -0.05) is 12.1 Å². The minimum Gasteiger partial charge on any atom is -0.327 e. The molecule has 1 aromatic heterocycles. The molecule has 1 aromatic carbocycles. The average molecular weight is 328 g/mol. The average Bonchev–Trinajstić information content (AvgIpc) is 2.83. The lowest BCUT2D eigenvalue weighted by Crippen LogP contribution is -3.12. The van der Waals surface area contributed by atoms with Crippen LogP contribution >= 0.6 is 0 Å². The lowest BCUT2D eigenvalue weighted by atomic mass is 10.1. The van der Waals surface area contributed by atoms with Crippen LogP contribution in [0, 0.1) is 0 Å². The summed E-state index contributed by atoms with van der Waals surface area (Å²) in [5.74, 6) is 1.08. The van der Waals surface area contributed by atoms with Crippen LogP contribution in [0.15, 0.2) is 30.3 Å². The molecule has 128 valence electrons. The van der Waals surface area contributed by atoms with Gasteiger partial charge in [-0.15, -0.1) is 0 Å². The third-order valence-electron chi connectivity index (χ3n) is 4.74. The van der Waals surface area contributed by atoms with Crippen LogP contribution in [-0.4, -0.2) is 39.6 Å². The highest BCUT2D eigenvalue weighted by Crippen LogP contribution is 2.23. The molecule has 0 saturated carbocycles. The molecule has 0 unspecified atom stereocenters. The van der Waals surface area contributed by atoms with Crippen molar-refractivity contribution in [1.29, 1.82) is 0 Å². The van der Waals surface area contributed by atoms with Gasteiger partial charge in [0.2, 0.25) is 0 Å². The van der Waals surface area contributed by atoms with Crippen molar-refractivity contribution in [2.75, 3.05) is 43.9 Å². The number of amides is 1. The zero-order chi connectivity index (χ0) is 16.9. The van der Waals surface area contributed by atoms with Crippen LogP contribution in [0.2, 0.25) is 0 Å². The number of H-pyrrole nitrogens is 1. The van der Waals surface area contributed by atoms with Gasteiger partial charge in [0.25, 0.3) is 11.7 Å². The first kappa shape index (κ1) is 16.7. The van der Waals surface area contributed by atoms with Crippen LogP contribution in [-0.2, 0) is 4.79 Å². The molecule has 0 aliphatic carbocycles. The van der Waals surface area contributed by atoms with E-state index in [-0.39, 0.29) is 5.91 Å². The van der Waals surface area contributed by atoms with E-state index in [9.17, 15) is 4.79 Å². The Kier molecular flexibility index (Phi) is 5.30. The van der Waals surface area contributed by atoms with E-state index < -0.39 is 0 Å². The van der Waals surface area contributed by atoms with E-state index >= 15 is 0 Å². The Hall–Kier alpha value is -2.14. The molecular weight excluding hydrogens is 300 g/mol. The second-order valence-corrected chi connectivity index (χ2v) is 6.90. The van der Waals surface area contributed by atoms with Crippen LogP contribution in [0.1, 0.15) is 25.7 Å². The first-order valence-electron chi connectivity index (χ1n) is 8.89. The summed E-state index contributed by atoms with van der Waals surface area (Å²) in [6.45, 7) is 2.78. The Morgan fingerprint density at radius 1 is 1.17 bits per heavy atom. The quantitative estimate of drug-likeness (QED) is 0.884. The molecule has 2 heterocycles. The molecular formula is C19H28N4O+2. The second-order valence-electron chi connectivity index (χ2n) is 6.90. The zero-order valence-corrected chi connectivity index (χ0v) is 14.7. The first-order chi connectivity index (χ1) is 11.6. The number of para-hydroxylation sites is 1. The van der Waals surface area contributed by atoms with Crippen molar-refractivity contribution >= 4 is 28.3 Å². The molecule has 5 heteroatoms. The highest BCUT2D eigenvalue weighted by Gasteiger charge is 2.18. The fraction of sp³-hybridized carbons (Fsp3) is 0.474. The molecule has 5 nitrogen and oxygen atoms in total. The van der Waals surface area contributed by atoms with E-state index in [2.05, 4.69) is 10.3 Å². The van der Waals surface area contributed by atoms with E-state index in [1.54, 1.807) is 0 Å². The highest BCUT2D eigenvalue weighted by molar-refractivity contribution is 6.01. The van der Waals surface area contributed by atoms with Crippen molar-refractivity contribution in [2.24, 2.45) is 0 Å². The number of benzene rings is 1. The molecule has 0 spiro atoms. The lowest BCUT2D eigenvalue weighted by molar-refractivity contribution is -0.890. The second kappa shape index (κ2) is 7.62. The minimum absolute atomic E-state index is 0.105. The van der Waals surface area contributed by atoms with Gasteiger partial charge in [0.1, 0.15) is 5.52 Å². The van der Waals surface area contributed by atoms with E-state index in [0.717, 1.165) is 35.5 Å². The van der Waals surface area contributed by atoms with Crippen LogP contribution in [0.4, 0.5) is 11.5 Å². The summed E-state index contributed by atoms with van der Waals surface area (Å²) < 4.78 is 0. The molecule has 3 N–H and O–H groups in total. The molecule has 24 heavy (non-hydrogen) atoms. The number of fused-ring (bicyclic) bond motifs is 1. The van der Waals surface area contributed by atoms with Gasteiger partial charge in [0, 0.05) is 5.39 Å². The zero-order valence-electron chi connectivity index (χ0n) is 14.7. The number of carbonyl (C=O) groups is 1. The van der Waals surface area contributed by atoms with E-state index in [1.165, 1.54) is 30.6 Å². The van der Waals surface area contributed by atoms with Crippen molar-refractivity contribution in [1.82, 2.24) is 0 Å². The molecule has 2 aromatic rings. The number of rotatable bonds is 4. The number of aromatic nitrogens is 1. The van der Waals surface area contributed by atoms with Crippen LogP contribution < -0.4 is 20.1 Å². The molecule has 1 aliphatic rings. The molecule has 0 atom stereocenters. The maximum Gasteiger partial charge on any atom is 0.279 e. The number of pyridine rings is 1.